The van der Waals surface area contributed by atoms with E-state index in [0.29, 0.717) is 0 Å². The topological polar surface area (TPSA) is 17.1 Å². The second-order valence-electron chi connectivity index (χ2n) is 3.03. The monoisotopic (exact) mass is 184 g/mol. The molecule has 1 aromatic carbocycles. The van der Waals surface area contributed by atoms with Gasteiger partial charge in [0.25, 0.3) is 0 Å². The summed E-state index contributed by atoms with van der Waals surface area (Å²) in [5.41, 5.74) is 0.250. The maximum absolute atomic E-state index is 13.0. The number of carbonyl (C=O) groups excluding carboxylic acids is 1. The average molecular weight is 184 g/mol. The summed E-state index contributed by atoms with van der Waals surface area (Å²) in [6.45, 7) is 1.66. The van der Waals surface area contributed by atoms with E-state index in [2.05, 4.69) is 0 Å². The molecule has 0 N–H and O–H groups in total. The molecule has 13 heavy (non-hydrogen) atoms. The Labute approximate surface area is 75.4 Å². The lowest BCUT2D eigenvalue weighted by molar-refractivity contribution is -0.110. The summed E-state index contributed by atoms with van der Waals surface area (Å²) in [4.78, 5) is 10.3. The van der Waals surface area contributed by atoms with Crippen molar-refractivity contribution in [1.29, 1.82) is 0 Å². The summed E-state index contributed by atoms with van der Waals surface area (Å²) < 4.78 is 25.7. The van der Waals surface area contributed by atoms with Crippen LogP contribution in [0, 0.1) is 17.6 Å². The number of aldehydes is 1. The molecular formula is C10H10F2O. The SMILES string of the molecule is CC(C=O)Cc1cccc(F)c1F. The highest BCUT2D eigenvalue weighted by Crippen LogP contribution is 2.14. The highest BCUT2D eigenvalue weighted by molar-refractivity contribution is 5.53. The molecule has 70 valence electrons. The smallest absolute Gasteiger partial charge is 0.162 e. The summed E-state index contributed by atoms with van der Waals surface area (Å²) >= 11 is 0. The van der Waals surface area contributed by atoms with Crippen molar-refractivity contribution in [2.45, 2.75) is 13.3 Å². The van der Waals surface area contributed by atoms with Gasteiger partial charge in [0, 0.05) is 5.92 Å². The normalized spacial score (nSPS) is 12.5. The summed E-state index contributed by atoms with van der Waals surface area (Å²) in [6, 6.07) is 3.98. The molecule has 0 heterocycles. The minimum Gasteiger partial charge on any atom is -0.303 e. The van der Waals surface area contributed by atoms with E-state index >= 15 is 0 Å². The largest absolute Gasteiger partial charge is 0.303 e. The van der Waals surface area contributed by atoms with Crippen LogP contribution in [0.25, 0.3) is 0 Å². The van der Waals surface area contributed by atoms with E-state index < -0.39 is 11.6 Å². The maximum atomic E-state index is 13.0. The van der Waals surface area contributed by atoms with Gasteiger partial charge in [0.1, 0.15) is 6.29 Å². The molecule has 0 amide bonds. The van der Waals surface area contributed by atoms with Crippen LogP contribution >= 0.6 is 0 Å². The van der Waals surface area contributed by atoms with Crippen molar-refractivity contribution in [1.82, 2.24) is 0 Å². The van der Waals surface area contributed by atoms with E-state index in [4.69, 9.17) is 0 Å². The van der Waals surface area contributed by atoms with Crippen LogP contribution in [-0.2, 0) is 11.2 Å². The van der Waals surface area contributed by atoms with Gasteiger partial charge in [-0.2, -0.15) is 0 Å². The number of carbonyl (C=O) groups is 1. The first-order valence-electron chi connectivity index (χ1n) is 4.03. The van der Waals surface area contributed by atoms with Gasteiger partial charge >= 0.3 is 0 Å². The third-order valence-corrected chi connectivity index (χ3v) is 1.81. The first-order chi connectivity index (χ1) is 6.15. The second kappa shape index (κ2) is 4.12. The fourth-order valence-electron chi connectivity index (χ4n) is 1.10. The Bertz CT molecular complexity index is 310. The Morgan fingerprint density at radius 2 is 2.15 bits per heavy atom. The van der Waals surface area contributed by atoms with Crippen LogP contribution < -0.4 is 0 Å². The van der Waals surface area contributed by atoms with Crippen LogP contribution in [0.2, 0.25) is 0 Å². The van der Waals surface area contributed by atoms with E-state index in [0.717, 1.165) is 12.4 Å². The van der Waals surface area contributed by atoms with Crippen molar-refractivity contribution in [3.8, 4) is 0 Å². The van der Waals surface area contributed by atoms with Gasteiger partial charge in [0.15, 0.2) is 11.6 Å². The van der Waals surface area contributed by atoms with E-state index in [1.165, 1.54) is 12.1 Å². The lowest BCUT2D eigenvalue weighted by Gasteiger charge is -2.05. The Balaban J connectivity index is 2.88. The molecule has 1 nitrogen and oxygen atoms in total. The molecule has 0 radical (unpaired) electrons. The standard InChI is InChI=1S/C10H10F2O/c1-7(6-13)5-8-3-2-4-9(11)10(8)12/h2-4,6-7H,5H2,1H3. The van der Waals surface area contributed by atoms with Gasteiger partial charge in [-0.3, -0.25) is 0 Å². The van der Waals surface area contributed by atoms with Crippen molar-refractivity contribution < 1.29 is 13.6 Å². The number of benzene rings is 1. The van der Waals surface area contributed by atoms with Crippen molar-refractivity contribution in [3.63, 3.8) is 0 Å². The lowest BCUT2D eigenvalue weighted by atomic mass is 10.0. The third kappa shape index (κ3) is 2.34. The van der Waals surface area contributed by atoms with Gasteiger partial charge in [-0.1, -0.05) is 19.1 Å². The molecule has 3 heteroatoms. The Morgan fingerprint density at radius 3 is 2.77 bits per heavy atom. The summed E-state index contributed by atoms with van der Waals surface area (Å²) in [5, 5.41) is 0. The van der Waals surface area contributed by atoms with Crippen molar-refractivity contribution >= 4 is 6.29 Å². The maximum Gasteiger partial charge on any atom is 0.162 e. The Hall–Kier alpha value is -1.25. The molecule has 0 fully saturated rings. The summed E-state index contributed by atoms with van der Waals surface area (Å²) in [5.74, 6) is -2.00. The molecule has 1 aromatic rings. The van der Waals surface area contributed by atoms with Gasteiger partial charge in [-0.05, 0) is 18.1 Å². The molecule has 0 aliphatic rings. The first kappa shape index (κ1) is 9.84. The first-order valence-corrected chi connectivity index (χ1v) is 4.03. The molecule has 0 aromatic heterocycles. The number of halogens is 2. The Morgan fingerprint density at radius 1 is 1.46 bits per heavy atom. The minimum atomic E-state index is -0.865. The van der Waals surface area contributed by atoms with Crippen LogP contribution in [0.4, 0.5) is 8.78 Å². The van der Waals surface area contributed by atoms with Gasteiger partial charge in [-0.15, -0.1) is 0 Å². The molecule has 1 rings (SSSR count). The predicted molar refractivity (Wildman–Crippen MR) is 45.3 cm³/mol. The molecule has 1 unspecified atom stereocenters. The van der Waals surface area contributed by atoms with Gasteiger partial charge in [0.05, 0.1) is 0 Å². The fourth-order valence-corrected chi connectivity index (χ4v) is 1.10. The number of rotatable bonds is 3. The molecule has 0 bridgehead atoms. The van der Waals surface area contributed by atoms with Crippen molar-refractivity contribution in [3.05, 3.63) is 35.4 Å². The molecule has 0 aliphatic heterocycles. The fraction of sp³-hybridized carbons (Fsp3) is 0.300. The van der Waals surface area contributed by atoms with E-state index in [1.54, 1.807) is 6.92 Å². The second-order valence-corrected chi connectivity index (χ2v) is 3.03. The molecule has 1 atom stereocenters. The highest BCUT2D eigenvalue weighted by atomic mass is 19.2. The van der Waals surface area contributed by atoms with Crippen LogP contribution in [0.3, 0.4) is 0 Å². The number of hydrogen-bond donors (Lipinski definition) is 0. The third-order valence-electron chi connectivity index (χ3n) is 1.81. The van der Waals surface area contributed by atoms with Crippen molar-refractivity contribution in [2.75, 3.05) is 0 Å². The van der Waals surface area contributed by atoms with Gasteiger partial charge in [0.2, 0.25) is 0 Å². The van der Waals surface area contributed by atoms with Gasteiger partial charge in [-0.25, -0.2) is 8.78 Å². The van der Waals surface area contributed by atoms with E-state index in [-0.39, 0.29) is 17.9 Å². The highest BCUT2D eigenvalue weighted by Gasteiger charge is 2.10. The minimum absolute atomic E-state index is 0.243. The number of hydrogen-bond acceptors (Lipinski definition) is 1. The molecule has 0 aliphatic carbocycles. The zero-order valence-corrected chi connectivity index (χ0v) is 7.26. The molecule has 0 saturated heterocycles. The van der Waals surface area contributed by atoms with E-state index in [1.807, 2.05) is 0 Å². The molecule has 0 saturated carbocycles. The van der Waals surface area contributed by atoms with Crippen molar-refractivity contribution in [2.24, 2.45) is 5.92 Å². The van der Waals surface area contributed by atoms with Crippen LogP contribution in [-0.4, -0.2) is 6.29 Å². The van der Waals surface area contributed by atoms with Crippen LogP contribution in [0.15, 0.2) is 18.2 Å². The van der Waals surface area contributed by atoms with Gasteiger partial charge < -0.3 is 4.79 Å². The summed E-state index contributed by atoms with van der Waals surface area (Å²) in [6.07, 6.45) is 0.970. The predicted octanol–water partition coefficient (Wildman–Crippen LogP) is 2.34. The molecule has 0 spiro atoms. The quantitative estimate of drug-likeness (QED) is 0.659. The Kier molecular flexibility index (Phi) is 3.12. The summed E-state index contributed by atoms with van der Waals surface area (Å²) in [7, 11) is 0. The van der Waals surface area contributed by atoms with Crippen LogP contribution in [0.1, 0.15) is 12.5 Å². The zero-order chi connectivity index (χ0) is 9.84. The average Bonchev–Trinajstić information content (AvgIpc) is 2.13. The zero-order valence-electron chi connectivity index (χ0n) is 7.26. The van der Waals surface area contributed by atoms with E-state index in [9.17, 15) is 13.6 Å². The molecular weight excluding hydrogens is 174 g/mol. The lowest BCUT2D eigenvalue weighted by Crippen LogP contribution is -2.03. The van der Waals surface area contributed by atoms with Crippen LogP contribution in [0.5, 0.6) is 0 Å².